The maximum absolute atomic E-state index is 10.2. The first kappa shape index (κ1) is 20.3. The predicted molar refractivity (Wildman–Crippen MR) is 116 cm³/mol. The number of hydrogen-bond donors (Lipinski definition) is 2. The van der Waals surface area contributed by atoms with E-state index in [2.05, 4.69) is 34.1 Å². The minimum atomic E-state index is -0.897. The maximum Gasteiger partial charge on any atom is 0.326 e. The fraction of sp³-hybridized carbons (Fsp3) is 0.667. The van der Waals surface area contributed by atoms with Crippen LogP contribution in [0.5, 0.6) is 0 Å². The van der Waals surface area contributed by atoms with Crippen LogP contribution in [-0.2, 0) is 4.65 Å². The minimum Gasteiger partial charge on any atom is -0.427 e. The second-order valence-electron chi connectivity index (χ2n) is 9.35. The van der Waals surface area contributed by atoms with Crippen LogP contribution in [0.2, 0.25) is 0 Å². The van der Waals surface area contributed by atoms with Crippen molar-refractivity contribution < 1.29 is 9.76 Å². The Kier molecular flexibility index (Phi) is 5.32. The van der Waals surface area contributed by atoms with E-state index in [1.807, 2.05) is 39.3 Å². The molecule has 151 valence electrons. The topological polar surface area (TPSA) is 61.4 Å². The van der Waals surface area contributed by atoms with Crippen molar-refractivity contribution in [2.45, 2.75) is 69.5 Å². The maximum atomic E-state index is 10.2. The second kappa shape index (κ2) is 7.35. The summed E-state index contributed by atoms with van der Waals surface area (Å²) in [5.74, 6) is 1.60. The van der Waals surface area contributed by atoms with Crippen LogP contribution in [0.1, 0.15) is 64.5 Å². The molecule has 7 heteroatoms. The van der Waals surface area contributed by atoms with Crippen molar-refractivity contribution in [3.05, 3.63) is 35.3 Å². The number of nitrogens with zero attached hydrogens (tertiary/aromatic N) is 2. The summed E-state index contributed by atoms with van der Waals surface area (Å²) in [6.07, 6.45) is 10.1. The molecule has 4 rings (SSSR count). The summed E-state index contributed by atoms with van der Waals surface area (Å²) in [6.45, 7) is 8.56. The van der Waals surface area contributed by atoms with E-state index < -0.39 is 11.2 Å². The number of aromatic amines is 1. The van der Waals surface area contributed by atoms with E-state index in [-0.39, 0.29) is 0 Å². The molecule has 1 saturated heterocycles. The monoisotopic (exact) mass is 400 g/mol. The van der Waals surface area contributed by atoms with Crippen molar-refractivity contribution in [2.24, 2.45) is 5.92 Å². The first-order chi connectivity index (χ1) is 13.1. The van der Waals surface area contributed by atoms with E-state index in [0.717, 1.165) is 24.5 Å². The molecule has 2 N–H and O–H groups in total. The van der Waals surface area contributed by atoms with Crippen molar-refractivity contribution in [1.29, 1.82) is 0 Å². The van der Waals surface area contributed by atoms with Crippen LogP contribution in [0, 0.1) is 5.92 Å². The zero-order chi connectivity index (χ0) is 20.1. The molecule has 1 aromatic heterocycles. The molecule has 28 heavy (non-hydrogen) atoms. The van der Waals surface area contributed by atoms with Crippen LogP contribution in [0.4, 0.5) is 0 Å². The number of nitrogens with one attached hydrogen (secondary N) is 1. The van der Waals surface area contributed by atoms with Gasteiger partial charge in [0.15, 0.2) is 0 Å². The normalized spacial score (nSPS) is 28.4. The summed E-state index contributed by atoms with van der Waals surface area (Å²) in [4.78, 5) is 11.9. The molecule has 0 spiro atoms. The average Bonchev–Trinajstić information content (AvgIpc) is 3.34. The van der Waals surface area contributed by atoms with E-state index in [1.165, 1.54) is 23.2 Å². The molecule has 5 nitrogen and oxygen atoms in total. The van der Waals surface area contributed by atoms with Gasteiger partial charge in [0.1, 0.15) is 5.82 Å². The van der Waals surface area contributed by atoms with Crippen LogP contribution in [0.3, 0.4) is 0 Å². The van der Waals surface area contributed by atoms with Gasteiger partial charge in [0.2, 0.25) is 0 Å². The lowest BCUT2D eigenvalue weighted by atomic mass is 9.81. The number of allylic oxidation sites excluding steroid dienone is 2. The van der Waals surface area contributed by atoms with E-state index in [1.54, 1.807) is 13.8 Å². The van der Waals surface area contributed by atoms with Gasteiger partial charge >= 0.3 is 7.48 Å². The molecule has 1 aromatic rings. The first-order valence-electron chi connectivity index (χ1n) is 10.2. The first-order valence-corrected chi connectivity index (χ1v) is 11.1. The summed E-state index contributed by atoms with van der Waals surface area (Å²) >= 11 is 1.91. The highest BCUT2D eigenvalue weighted by Gasteiger charge is 2.38. The largest absolute Gasteiger partial charge is 0.427 e. The van der Waals surface area contributed by atoms with Crippen molar-refractivity contribution in [1.82, 2.24) is 14.9 Å². The molecule has 1 radical (unpaired) electrons. The molecule has 1 aliphatic carbocycles. The van der Waals surface area contributed by atoms with Crippen molar-refractivity contribution in [2.75, 3.05) is 13.6 Å². The molecule has 3 unspecified atom stereocenters. The van der Waals surface area contributed by atoms with Gasteiger partial charge in [-0.05, 0) is 66.5 Å². The Morgan fingerprint density at radius 3 is 2.75 bits per heavy atom. The third-order valence-corrected chi connectivity index (χ3v) is 7.94. The Morgan fingerprint density at radius 1 is 1.32 bits per heavy atom. The van der Waals surface area contributed by atoms with Crippen LogP contribution < -0.4 is 0 Å². The second-order valence-corrected chi connectivity index (χ2v) is 10.6. The number of aliphatic hydroxyl groups is 1. The summed E-state index contributed by atoms with van der Waals surface area (Å²) in [5, 5.41) is 10.7. The molecule has 3 aliphatic rings. The minimum absolute atomic E-state index is 0.428. The van der Waals surface area contributed by atoms with E-state index in [4.69, 9.17) is 4.65 Å². The van der Waals surface area contributed by atoms with Gasteiger partial charge in [0.05, 0.1) is 29.1 Å². The molecule has 0 bridgehead atoms. The number of thioether (sulfide) groups is 1. The fourth-order valence-corrected chi connectivity index (χ4v) is 5.31. The van der Waals surface area contributed by atoms with E-state index in [9.17, 15) is 5.11 Å². The van der Waals surface area contributed by atoms with Gasteiger partial charge in [-0.2, -0.15) is 0 Å². The predicted octanol–water partition coefficient (Wildman–Crippen LogP) is 3.72. The Bertz CT molecular complexity index is 796. The Hall–Kier alpha value is -1.02. The summed E-state index contributed by atoms with van der Waals surface area (Å²) in [6, 6.07) is 0.428. The number of H-pyrrole nitrogens is 1. The molecule has 0 saturated carbocycles. The van der Waals surface area contributed by atoms with Crippen LogP contribution >= 0.6 is 11.8 Å². The van der Waals surface area contributed by atoms with Crippen LogP contribution in [-0.4, -0.2) is 57.5 Å². The molecule has 3 heterocycles. The molecular formula is C21H31BN3O2S. The third kappa shape index (κ3) is 3.86. The van der Waals surface area contributed by atoms with Gasteiger partial charge in [0.25, 0.3) is 0 Å². The number of likely N-dealkylation sites (tertiary alicyclic amines) is 1. The number of aromatic nitrogens is 2. The summed E-state index contributed by atoms with van der Waals surface area (Å²) in [5.41, 5.74) is 0.840. The van der Waals surface area contributed by atoms with Crippen molar-refractivity contribution >= 4 is 24.1 Å². The third-order valence-electron chi connectivity index (χ3n) is 6.58. The Morgan fingerprint density at radius 2 is 2.11 bits per heavy atom. The van der Waals surface area contributed by atoms with Crippen LogP contribution in [0.15, 0.2) is 23.8 Å². The highest BCUT2D eigenvalue weighted by atomic mass is 32.2. The smallest absolute Gasteiger partial charge is 0.326 e. The molecule has 0 aromatic carbocycles. The fourth-order valence-electron chi connectivity index (χ4n) is 3.94. The summed E-state index contributed by atoms with van der Waals surface area (Å²) in [7, 11) is 4.02. The van der Waals surface area contributed by atoms with Crippen LogP contribution in [0.25, 0.3) is 4.91 Å². The number of fused-ring (bicyclic) bond motifs is 1. The summed E-state index contributed by atoms with van der Waals surface area (Å²) < 4.78 is 5.93. The molecule has 2 aliphatic heterocycles. The zero-order valence-corrected chi connectivity index (χ0v) is 18.3. The van der Waals surface area contributed by atoms with Crippen molar-refractivity contribution in [3.8, 4) is 0 Å². The van der Waals surface area contributed by atoms with Gasteiger partial charge in [0, 0.05) is 10.2 Å². The zero-order valence-electron chi connectivity index (χ0n) is 17.5. The van der Waals surface area contributed by atoms with Gasteiger partial charge < -0.3 is 14.7 Å². The molecule has 0 amide bonds. The Balaban J connectivity index is 1.36. The van der Waals surface area contributed by atoms with Gasteiger partial charge in [-0.25, -0.2) is 4.98 Å². The van der Waals surface area contributed by atoms with E-state index >= 15 is 0 Å². The lowest BCUT2D eigenvalue weighted by Gasteiger charge is -2.37. The average molecular weight is 400 g/mol. The lowest BCUT2D eigenvalue weighted by Crippen LogP contribution is -2.48. The highest BCUT2D eigenvalue weighted by Crippen LogP contribution is 2.48. The lowest BCUT2D eigenvalue weighted by molar-refractivity contribution is -0.0897. The number of hydrogen-bond acceptors (Lipinski definition) is 5. The standard InChI is InChI=1S/C21H31BN3O2S/c1-20(2,26)21(3,4)27-22-14-9-13-10-18(28-17(13)11-14)15-12-23-19(24-15)16-7-6-8-25(16)5/h10-13,16-17,26H,6-9H2,1-5H3,(H,23,24). The molecular weight excluding hydrogens is 369 g/mol. The molecule has 1 fully saturated rings. The quantitative estimate of drug-likeness (QED) is 0.713. The van der Waals surface area contributed by atoms with E-state index in [0.29, 0.717) is 17.2 Å². The molecule has 3 atom stereocenters. The Labute approximate surface area is 173 Å². The number of imidazole rings is 1. The van der Waals surface area contributed by atoms with Gasteiger partial charge in [-0.1, -0.05) is 17.6 Å². The SMILES string of the molecule is CN1CCCC1c1ncc(C2=CC3CC([B]OC(C)(C)C(C)(C)O)=CC3S2)[nH]1. The number of rotatable bonds is 6. The van der Waals surface area contributed by atoms with Gasteiger partial charge in [-0.3, -0.25) is 4.90 Å². The van der Waals surface area contributed by atoms with Crippen molar-refractivity contribution in [3.63, 3.8) is 0 Å². The highest BCUT2D eigenvalue weighted by molar-refractivity contribution is 8.09. The van der Waals surface area contributed by atoms with Gasteiger partial charge in [-0.15, -0.1) is 11.8 Å².